The first-order valence-electron chi connectivity index (χ1n) is 12.1. The molecule has 0 bridgehead atoms. The van der Waals surface area contributed by atoms with Gasteiger partial charge < -0.3 is 4.90 Å². The van der Waals surface area contributed by atoms with Gasteiger partial charge in [-0.3, -0.25) is 19.5 Å². The van der Waals surface area contributed by atoms with Crippen LogP contribution in [0.15, 0.2) is 88.2 Å². The van der Waals surface area contributed by atoms with Crippen LogP contribution < -0.4 is 19.8 Å². The number of nitrogens with zero attached hydrogens (tertiary/aromatic N) is 4. The van der Waals surface area contributed by atoms with E-state index in [1.165, 1.54) is 23.0 Å². The van der Waals surface area contributed by atoms with E-state index in [1.807, 2.05) is 67.5 Å². The smallest absolute Gasteiger partial charge is 0.271 e. The highest BCUT2D eigenvalue weighted by molar-refractivity contribution is 7.07. The van der Waals surface area contributed by atoms with Crippen molar-refractivity contribution in [3.8, 4) is 0 Å². The van der Waals surface area contributed by atoms with E-state index in [1.54, 1.807) is 16.7 Å². The molecule has 37 heavy (non-hydrogen) atoms. The van der Waals surface area contributed by atoms with E-state index in [-0.39, 0.29) is 11.2 Å². The summed E-state index contributed by atoms with van der Waals surface area (Å²) in [5.74, 6) is 0. The number of anilines is 1. The number of aryl methyl sites for hydroxylation is 1. The zero-order valence-electron chi connectivity index (χ0n) is 20.4. The lowest BCUT2D eigenvalue weighted by atomic mass is 9.83. The maximum absolute atomic E-state index is 13.8. The average molecular weight is 509 g/mol. The first-order chi connectivity index (χ1) is 17.9. The third-order valence-corrected chi connectivity index (χ3v) is 7.96. The number of benzene rings is 3. The molecule has 1 aliphatic heterocycles. The van der Waals surface area contributed by atoms with Crippen molar-refractivity contribution < 1.29 is 4.92 Å². The second-order valence-corrected chi connectivity index (χ2v) is 10.5. The molecular formula is C29H24N4O3S. The predicted molar refractivity (Wildman–Crippen MR) is 147 cm³/mol. The van der Waals surface area contributed by atoms with Crippen LogP contribution in [-0.2, 0) is 6.42 Å². The Bertz CT molecular complexity index is 1760. The quantitative estimate of drug-likeness (QED) is 0.304. The maximum Gasteiger partial charge on any atom is 0.271 e. The third kappa shape index (κ3) is 3.99. The molecule has 2 heterocycles. The molecule has 1 atom stereocenters. The number of fused-ring (bicyclic) bond motifs is 3. The van der Waals surface area contributed by atoms with Gasteiger partial charge in [-0.2, -0.15) is 0 Å². The van der Waals surface area contributed by atoms with Crippen LogP contribution in [0.3, 0.4) is 0 Å². The second kappa shape index (κ2) is 8.97. The summed E-state index contributed by atoms with van der Waals surface area (Å²) in [5, 5.41) is 11.6. The summed E-state index contributed by atoms with van der Waals surface area (Å²) >= 11 is 1.36. The molecule has 6 rings (SSSR count). The van der Waals surface area contributed by atoms with Crippen molar-refractivity contribution in [3.63, 3.8) is 0 Å². The molecular weight excluding hydrogens is 484 g/mol. The standard InChI is InChI=1S/C29H24N4O3S/c1-31(2)21-13-10-18(11-14-21)16-25-28(34)32-27(20-7-5-8-22(17-20)33(35)36)24-15-12-19-6-3-4-9-23(19)26(24)30-29(32)37-25/h3-11,13-14,16-17,27H,12,15H2,1-2H3/b25-16+/t27-/m0/s1. The normalized spacial score (nSPS) is 16.5. The summed E-state index contributed by atoms with van der Waals surface area (Å²) < 4.78 is 2.30. The van der Waals surface area contributed by atoms with Crippen LogP contribution in [0.5, 0.6) is 0 Å². The van der Waals surface area contributed by atoms with E-state index >= 15 is 0 Å². The van der Waals surface area contributed by atoms with Gasteiger partial charge >= 0.3 is 0 Å². The summed E-state index contributed by atoms with van der Waals surface area (Å²) in [5.41, 5.74) is 6.79. The van der Waals surface area contributed by atoms with Crippen LogP contribution >= 0.6 is 11.3 Å². The molecule has 0 unspecified atom stereocenters. The van der Waals surface area contributed by atoms with E-state index in [0.717, 1.165) is 46.5 Å². The number of hydrogen-bond acceptors (Lipinski definition) is 6. The van der Waals surface area contributed by atoms with Gasteiger partial charge in [0.15, 0.2) is 4.80 Å². The number of nitro benzene ring substituents is 1. The van der Waals surface area contributed by atoms with Crippen molar-refractivity contribution >= 4 is 34.5 Å². The van der Waals surface area contributed by atoms with Gasteiger partial charge in [0.2, 0.25) is 0 Å². The Morgan fingerprint density at radius 2 is 1.84 bits per heavy atom. The van der Waals surface area contributed by atoms with Crippen molar-refractivity contribution in [1.29, 1.82) is 0 Å². The Hall–Kier alpha value is -4.30. The number of allylic oxidation sites excluding steroid dienone is 1. The lowest BCUT2D eigenvalue weighted by Crippen LogP contribution is -2.38. The molecule has 8 heteroatoms. The highest BCUT2D eigenvalue weighted by atomic mass is 32.1. The molecule has 0 spiro atoms. The third-order valence-electron chi connectivity index (χ3n) is 6.98. The van der Waals surface area contributed by atoms with Crippen LogP contribution in [0.1, 0.15) is 34.7 Å². The monoisotopic (exact) mass is 508 g/mol. The molecule has 3 aromatic carbocycles. The molecule has 4 aromatic rings. The molecule has 0 fully saturated rings. The van der Waals surface area contributed by atoms with Gasteiger partial charge in [-0.05, 0) is 53.3 Å². The molecule has 0 N–H and O–H groups in total. The van der Waals surface area contributed by atoms with Gasteiger partial charge in [-0.15, -0.1) is 0 Å². The van der Waals surface area contributed by atoms with E-state index in [4.69, 9.17) is 4.99 Å². The minimum absolute atomic E-state index is 0.0102. The summed E-state index contributed by atoms with van der Waals surface area (Å²) in [6.07, 6.45) is 3.46. The van der Waals surface area contributed by atoms with Gasteiger partial charge in [0.05, 0.1) is 21.2 Å². The first-order valence-corrected chi connectivity index (χ1v) is 12.9. The number of hydrogen-bond donors (Lipinski definition) is 0. The molecule has 0 saturated carbocycles. The Balaban J connectivity index is 1.58. The second-order valence-electron chi connectivity index (χ2n) is 9.45. The maximum atomic E-state index is 13.8. The summed E-state index contributed by atoms with van der Waals surface area (Å²) in [6, 6.07) is 22.4. The number of aromatic nitrogens is 1. The van der Waals surface area contributed by atoms with Gasteiger partial charge in [0, 0.05) is 37.5 Å². The van der Waals surface area contributed by atoms with Crippen LogP contribution in [0, 0.1) is 10.1 Å². The minimum atomic E-state index is -0.447. The van der Waals surface area contributed by atoms with Gasteiger partial charge in [-0.1, -0.05) is 59.9 Å². The summed E-state index contributed by atoms with van der Waals surface area (Å²) in [4.78, 5) is 32.6. The zero-order chi connectivity index (χ0) is 25.7. The molecule has 0 saturated heterocycles. The van der Waals surface area contributed by atoms with E-state index < -0.39 is 11.0 Å². The first kappa shape index (κ1) is 23.1. The zero-order valence-corrected chi connectivity index (χ0v) is 21.2. The highest BCUT2D eigenvalue weighted by Gasteiger charge is 2.33. The fraction of sp³-hybridized carbons (Fsp3) is 0.172. The fourth-order valence-electron chi connectivity index (χ4n) is 5.15. The Morgan fingerprint density at radius 1 is 1.05 bits per heavy atom. The predicted octanol–water partition coefficient (Wildman–Crippen LogP) is 4.29. The Kier molecular flexibility index (Phi) is 5.61. The molecule has 2 aliphatic rings. The van der Waals surface area contributed by atoms with E-state index in [9.17, 15) is 14.9 Å². The average Bonchev–Trinajstić information content (AvgIpc) is 3.22. The van der Waals surface area contributed by atoms with Crippen LogP contribution in [0.25, 0.3) is 11.8 Å². The van der Waals surface area contributed by atoms with E-state index in [2.05, 4.69) is 12.1 Å². The van der Waals surface area contributed by atoms with Gasteiger partial charge in [0.1, 0.15) is 0 Å². The van der Waals surface area contributed by atoms with Gasteiger partial charge in [-0.25, -0.2) is 4.99 Å². The lowest BCUT2D eigenvalue weighted by molar-refractivity contribution is -0.384. The lowest BCUT2D eigenvalue weighted by Gasteiger charge is -2.30. The minimum Gasteiger partial charge on any atom is -0.378 e. The number of rotatable bonds is 4. The van der Waals surface area contributed by atoms with Crippen LogP contribution in [0.4, 0.5) is 11.4 Å². The number of nitro groups is 1. The molecule has 184 valence electrons. The molecule has 7 nitrogen and oxygen atoms in total. The summed E-state index contributed by atoms with van der Waals surface area (Å²) in [7, 11) is 3.97. The molecule has 0 amide bonds. The van der Waals surface area contributed by atoms with Crippen molar-refractivity contribution in [2.24, 2.45) is 4.99 Å². The van der Waals surface area contributed by atoms with Crippen molar-refractivity contribution in [1.82, 2.24) is 4.57 Å². The molecule has 1 aliphatic carbocycles. The summed E-state index contributed by atoms with van der Waals surface area (Å²) in [6.45, 7) is 0. The van der Waals surface area contributed by atoms with Crippen molar-refractivity contribution in [2.75, 3.05) is 19.0 Å². The van der Waals surface area contributed by atoms with Crippen LogP contribution in [-0.4, -0.2) is 23.6 Å². The fourth-order valence-corrected chi connectivity index (χ4v) is 6.15. The van der Waals surface area contributed by atoms with Crippen molar-refractivity contribution in [2.45, 2.75) is 18.9 Å². The SMILES string of the molecule is CN(C)c1ccc(/C=c2/sc3n(c2=O)[C@@H](c2cccc([N+](=O)[O-])c2)C2=C(N=3)c3ccccc3CC2)cc1. The van der Waals surface area contributed by atoms with Crippen molar-refractivity contribution in [3.05, 3.63) is 130 Å². The molecule has 0 radical (unpaired) electrons. The largest absolute Gasteiger partial charge is 0.378 e. The molecule has 1 aromatic heterocycles. The Morgan fingerprint density at radius 3 is 2.59 bits per heavy atom. The Labute approximate surface area is 217 Å². The number of non-ortho nitro benzene ring substituents is 1. The van der Waals surface area contributed by atoms with Crippen LogP contribution in [0.2, 0.25) is 0 Å². The van der Waals surface area contributed by atoms with E-state index in [0.29, 0.717) is 9.33 Å². The van der Waals surface area contributed by atoms with Gasteiger partial charge in [0.25, 0.3) is 11.2 Å². The topological polar surface area (TPSA) is 80.7 Å². The number of thiazole rings is 1. The highest BCUT2D eigenvalue weighted by Crippen LogP contribution is 2.41.